The van der Waals surface area contributed by atoms with E-state index in [9.17, 15) is 19.0 Å². The SMILES string of the molecule is CC/C=C\C/C=C\C/C=C\C/C=C\C/C=C\C/C=C\CCCCCCC(=O)OC(/C=C/CCCCCCCCCCC)C(COP(=O)([O-])OCC[N+](C)(C)C)NC(=O)CCCCCCCCCCCCCCCCCCC. The number of phosphoric acid groups is 1. The number of esters is 1. The Morgan fingerprint density at radius 1 is 0.468 bits per heavy atom. The Balaban J connectivity index is 5.22. The lowest BCUT2D eigenvalue weighted by Crippen LogP contribution is -2.47. The molecule has 1 N–H and O–H groups in total. The predicted octanol–water partition coefficient (Wildman–Crippen LogP) is 19.1. The number of nitrogens with zero attached hydrogens (tertiary/aromatic N) is 1. The molecule has 9 nitrogen and oxygen atoms in total. The summed E-state index contributed by atoms with van der Waals surface area (Å²) < 4.78 is 30.3. The van der Waals surface area contributed by atoms with Gasteiger partial charge in [0, 0.05) is 12.8 Å². The Bertz CT molecular complexity index is 1590. The van der Waals surface area contributed by atoms with E-state index in [1.54, 1.807) is 0 Å². The lowest BCUT2D eigenvalue weighted by atomic mass is 10.0. The van der Waals surface area contributed by atoms with Gasteiger partial charge in [-0.25, -0.2) is 0 Å². The van der Waals surface area contributed by atoms with Crippen LogP contribution in [-0.4, -0.2) is 69.4 Å². The maximum Gasteiger partial charge on any atom is 0.306 e. The van der Waals surface area contributed by atoms with Crippen molar-refractivity contribution in [2.24, 2.45) is 0 Å². The number of rotatable bonds is 57. The second-order valence-electron chi connectivity index (χ2n) is 22.5. The Kier molecular flexibility index (Phi) is 54.4. The molecule has 10 heteroatoms. The topological polar surface area (TPSA) is 114 Å². The van der Waals surface area contributed by atoms with Gasteiger partial charge in [0.25, 0.3) is 7.82 Å². The van der Waals surface area contributed by atoms with Crippen LogP contribution < -0.4 is 10.2 Å². The maximum absolute atomic E-state index is 13.5. The minimum Gasteiger partial charge on any atom is -0.756 e. The van der Waals surface area contributed by atoms with Crippen LogP contribution in [0, 0.1) is 0 Å². The molecular weight excluding hydrogens is 976 g/mol. The van der Waals surface area contributed by atoms with Crippen molar-refractivity contribution < 1.29 is 37.3 Å². The number of hydrogen-bond acceptors (Lipinski definition) is 7. The van der Waals surface area contributed by atoms with E-state index in [2.05, 4.69) is 99.0 Å². The first kappa shape index (κ1) is 74.2. The molecule has 0 aromatic heterocycles. The van der Waals surface area contributed by atoms with E-state index in [4.69, 9.17) is 13.8 Å². The predicted molar refractivity (Wildman–Crippen MR) is 330 cm³/mol. The van der Waals surface area contributed by atoms with Gasteiger partial charge in [-0.15, -0.1) is 0 Å². The molecule has 0 spiro atoms. The molecule has 77 heavy (non-hydrogen) atoms. The van der Waals surface area contributed by atoms with E-state index in [1.165, 1.54) is 135 Å². The van der Waals surface area contributed by atoms with E-state index < -0.39 is 26.6 Å². The molecule has 1 amide bonds. The van der Waals surface area contributed by atoms with E-state index in [0.717, 1.165) is 103 Å². The molecule has 0 aliphatic rings. The first-order chi connectivity index (χ1) is 37.4. The molecule has 0 aliphatic heterocycles. The van der Waals surface area contributed by atoms with Gasteiger partial charge in [-0.1, -0.05) is 267 Å². The van der Waals surface area contributed by atoms with Crippen LogP contribution in [0.25, 0.3) is 0 Å². The number of ether oxygens (including phenoxy) is 1. The van der Waals surface area contributed by atoms with Crippen molar-refractivity contribution in [3.8, 4) is 0 Å². The number of carbonyl (C=O) groups is 2. The van der Waals surface area contributed by atoms with Crippen LogP contribution in [0.4, 0.5) is 0 Å². The van der Waals surface area contributed by atoms with Gasteiger partial charge in [0.2, 0.25) is 5.91 Å². The standard InChI is InChI=1S/C67H121N2O7P/c1-7-10-13-16-19-22-25-27-29-31-32-33-34-35-36-38-40-42-45-48-51-54-57-60-67(71)76-65(58-55-52-49-46-43-24-21-18-15-12-9-3)64(63-75-77(72,73)74-62-61-69(4,5)6)68-66(70)59-56-53-50-47-44-41-39-37-30-28-26-23-20-17-14-11-8-2/h10,13,19,22,27,29,32-33,35-36,40,42,55,58,64-65H,7-9,11-12,14-18,20-21,23-26,28,30-31,34,37-39,41,43-54,56-57,59-63H2,1-6H3,(H-,68,70,72,73)/b13-10-,22-19-,29-27-,33-32-,36-35-,42-40-,58-55+. The average Bonchev–Trinajstić information content (AvgIpc) is 3.39. The lowest BCUT2D eigenvalue weighted by Gasteiger charge is -2.30. The fraction of sp³-hybridized carbons (Fsp3) is 0.761. The minimum atomic E-state index is -4.71. The highest BCUT2D eigenvalue weighted by atomic mass is 31.2. The lowest BCUT2D eigenvalue weighted by molar-refractivity contribution is -0.870. The molecule has 0 saturated carbocycles. The highest BCUT2D eigenvalue weighted by Gasteiger charge is 2.27. The quantitative estimate of drug-likeness (QED) is 0.0212. The van der Waals surface area contributed by atoms with Crippen LogP contribution in [0.5, 0.6) is 0 Å². The fourth-order valence-corrected chi connectivity index (χ4v) is 9.66. The molecule has 0 saturated heterocycles. The van der Waals surface area contributed by atoms with E-state index in [1.807, 2.05) is 33.3 Å². The highest BCUT2D eigenvalue weighted by Crippen LogP contribution is 2.38. The molecule has 0 aromatic rings. The summed E-state index contributed by atoms with van der Waals surface area (Å²) in [6.45, 7) is 6.72. The zero-order chi connectivity index (χ0) is 56.4. The Morgan fingerprint density at radius 2 is 0.831 bits per heavy atom. The molecule has 3 atom stereocenters. The number of quaternary nitrogens is 1. The largest absolute Gasteiger partial charge is 0.756 e. The molecule has 0 aliphatic carbocycles. The van der Waals surface area contributed by atoms with E-state index in [0.29, 0.717) is 23.9 Å². The van der Waals surface area contributed by atoms with Crippen LogP contribution in [0.2, 0.25) is 0 Å². The number of nitrogens with one attached hydrogen (secondary N) is 1. The van der Waals surface area contributed by atoms with Crippen molar-refractivity contribution in [2.45, 2.75) is 290 Å². The van der Waals surface area contributed by atoms with Gasteiger partial charge in [-0.2, -0.15) is 0 Å². The van der Waals surface area contributed by atoms with Gasteiger partial charge >= 0.3 is 5.97 Å². The Hall–Kier alpha value is -2.81. The number of unbranched alkanes of at least 4 members (excludes halogenated alkanes) is 29. The number of likely N-dealkylation sites (N-methyl/N-ethyl adjacent to an activating group) is 1. The molecular formula is C67H121N2O7P. The van der Waals surface area contributed by atoms with Gasteiger partial charge in [-0.3, -0.25) is 14.2 Å². The molecule has 0 radical (unpaired) electrons. The molecule has 3 unspecified atom stereocenters. The van der Waals surface area contributed by atoms with Crippen molar-refractivity contribution in [3.05, 3.63) is 85.1 Å². The number of allylic oxidation sites excluding steroid dienone is 13. The number of hydrogen-bond donors (Lipinski definition) is 1. The zero-order valence-corrected chi connectivity index (χ0v) is 51.8. The maximum atomic E-state index is 13.5. The Labute approximate surface area is 476 Å². The monoisotopic (exact) mass is 1100 g/mol. The van der Waals surface area contributed by atoms with Crippen LogP contribution in [-0.2, 0) is 27.9 Å². The van der Waals surface area contributed by atoms with E-state index >= 15 is 0 Å². The van der Waals surface area contributed by atoms with Gasteiger partial charge < -0.3 is 28.5 Å². The van der Waals surface area contributed by atoms with Crippen LogP contribution in [0.3, 0.4) is 0 Å². The number of phosphoric ester groups is 1. The van der Waals surface area contributed by atoms with Crippen molar-refractivity contribution >= 4 is 19.7 Å². The van der Waals surface area contributed by atoms with Crippen molar-refractivity contribution in [3.63, 3.8) is 0 Å². The molecule has 446 valence electrons. The molecule has 0 aromatic carbocycles. The van der Waals surface area contributed by atoms with Crippen LogP contribution >= 0.6 is 7.82 Å². The van der Waals surface area contributed by atoms with Crippen molar-refractivity contribution in [1.29, 1.82) is 0 Å². The van der Waals surface area contributed by atoms with Gasteiger partial charge in [0.15, 0.2) is 0 Å². The van der Waals surface area contributed by atoms with Crippen LogP contribution in [0.15, 0.2) is 85.1 Å². The smallest absolute Gasteiger partial charge is 0.306 e. The second kappa shape index (κ2) is 56.5. The third-order valence-electron chi connectivity index (χ3n) is 13.8. The minimum absolute atomic E-state index is 0.0287. The first-order valence-corrected chi connectivity index (χ1v) is 33.4. The summed E-state index contributed by atoms with van der Waals surface area (Å²) in [4.78, 5) is 40.0. The average molecular weight is 1100 g/mol. The number of carbonyl (C=O) groups excluding carboxylic acids is 2. The summed E-state index contributed by atoms with van der Waals surface area (Å²) in [5.41, 5.74) is 0. The molecule has 0 rings (SSSR count). The summed E-state index contributed by atoms with van der Waals surface area (Å²) in [6.07, 6.45) is 74.1. The summed E-state index contributed by atoms with van der Waals surface area (Å²) in [6, 6.07) is -0.901. The normalized spacial score (nSPS) is 14.2. The molecule has 0 bridgehead atoms. The van der Waals surface area contributed by atoms with Crippen molar-refractivity contribution in [2.75, 3.05) is 40.9 Å². The number of amides is 1. The molecule has 0 heterocycles. The molecule has 0 fully saturated rings. The van der Waals surface area contributed by atoms with Gasteiger partial charge in [0.1, 0.15) is 19.3 Å². The van der Waals surface area contributed by atoms with Gasteiger partial charge in [0.05, 0.1) is 33.8 Å². The summed E-state index contributed by atoms with van der Waals surface area (Å²) in [5, 5.41) is 3.02. The van der Waals surface area contributed by atoms with Crippen molar-refractivity contribution in [1.82, 2.24) is 5.32 Å². The Morgan fingerprint density at radius 3 is 1.25 bits per heavy atom. The third-order valence-corrected chi connectivity index (χ3v) is 14.8. The van der Waals surface area contributed by atoms with Gasteiger partial charge in [-0.05, 0) is 83.1 Å². The van der Waals surface area contributed by atoms with E-state index in [-0.39, 0.29) is 24.9 Å². The fourth-order valence-electron chi connectivity index (χ4n) is 8.94. The summed E-state index contributed by atoms with van der Waals surface area (Å²) in [7, 11) is 1.17. The second-order valence-corrected chi connectivity index (χ2v) is 23.9. The highest BCUT2D eigenvalue weighted by molar-refractivity contribution is 7.45. The first-order valence-electron chi connectivity index (χ1n) is 31.9. The van der Waals surface area contributed by atoms with Crippen LogP contribution in [0.1, 0.15) is 278 Å². The summed E-state index contributed by atoms with van der Waals surface area (Å²) in [5.74, 6) is -0.567. The summed E-state index contributed by atoms with van der Waals surface area (Å²) >= 11 is 0. The third kappa shape index (κ3) is 57.7. The zero-order valence-electron chi connectivity index (χ0n) is 50.9.